The fourth-order valence-electron chi connectivity index (χ4n) is 1.38. The van der Waals surface area contributed by atoms with Crippen LogP contribution in [0.1, 0.15) is 16.1 Å². The van der Waals surface area contributed by atoms with E-state index in [2.05, 4.69) is 0 Å². The number of carbonyl (C=O) groups excluding carboxylic acids is 1. The van der Waals surface area contributed by atoms with Crippen molar-refractivity contribution < 1.29 is 9.21 Å². The van der Waals surface area contributed by atoms with Gasteiger partial charge in [-0.25, -0.2) is 0 Å². The summed E-state index contributed by atoms with van der Waals surface area (Å²) in [5.41, 5.74) is 0.657. The topological polar surface area (TPSA) is 30.2 Å². The number of Topliss-reactive ketones (excluding diaryl/α,β-unsaturated/α-hetero) is 1. The largest absolute Gasteiger partial charge is 0.468 e. The van der Waals surface area contributed by atoms with Crippen LogP contribution < -0.4 is 0 Å². The van der Waals surface area contributed by atoms with Crippen molar-refractivity contribution in [3.05, 3.63) is 59.0 Å². The van der Waals surface area contributed by atoms with Crippen molar-refractivity contribution in [2.45, 2.75) is 5.75 Å². The minimum absolute atomic E-state index is 0.0871. The molecule has 88 valence electrons. The van der Waals surface area contributed by atoms with Crippen molar-refractivity contribution in [3.63, 3.8) is 0 Å². The zero-order chi connectivity index (χ0) is 12.1. The van der Waals surface area contributed by atoms with Crippen LogP contribution in [-0.2, 0) is 5.75 Å². The first-order valence-electron chi connectivity index (χ1n) is 5.14. The van der Waals surface area contributed by atoms with Crippen molar-refractivity contribution in [2.75, 3.05) is 5.75 Å². The van der Waals surface area contributed by atoms with Gasteiger partial charge in [0.1, 0.15) is 5.76 Å². The average Bonchev–Trinajstić information content (AvgIpc) is 2.82. The molecule has 0 fully saturated rings. The molecule has 1 heterocycles. The van der Waals surface area contributed by atoms with E-state index in [0.29, 0.717) is 22.1 Å². The number of rotatable bonds is 5. The summed E-state index contributed by atoms with van der Waals surface area (Å²) < 4.78 is 5.19. The van der Waals surface area contributed by atoms with E-state index in [0.717, 1.165) is 5.76 Å². The van der Waals surface area contributed by atoms with Crippen molar-refractivity contribution >= 4 is 29.1 Å². The molecule has 0 aliphatic carbocycles. The number of ketones is 1. The molecule has 0 saturated heterocycles. The molecule has 0 N–H and O–H groups in total. The first-order valence-corrected chi connectivity index (χ1v) is 6.68. The standard InChI is InChI=1S/C13H11ClO2S/c14-11-4-1-3-10(7-11)13(15)9-17-8-12-5-2-6-16-12/h1-7H,8-9H2. The molecular formula is C13H11ClO2S. The van der Waals surface area contributed by atoms with Crippen LogP contribution in [0.2, 0.25) is 5.02 Å². The quantitative estimate of drug-likeness (QED) is 0.765. The Balaban J connectivity index is 1.85. The highest BCUT2D eigenvalue weighted by Crippen LogP contribution is 2.16. The number of hydrogen-bond donors (Lipinski definition) is 0. The van der Waals surface area contributed by atoms with Crippen LogP contribution in [-0.4, -0.2) is 11.5 Å². The van der Waals surface area contributed by atoms with Gasteiger partial charge in [-0.3, -0.25) is 4.79 Å². The van der Waals surface area contributed by atoms with Gasteiger partial charge < -0.3 is 4.42 Å². The van der Waals surface area contributed by atoms with Crippen LogP contribution in [0.25, 0.3) is 0 Å². The number of thioether (sulfide) groups is 1. The second kappa shape index (κ2) is 5.94. The van der Waals surface area contributed by atoms with Crippen molar-refractivity contribution in [1.29, 1.82) is 0 Å². The third-order valence-corrected chi connectivity index (χ3v) is 3.39. The molecule has 0 amide bonds. The number of halogens is 1. The highest BCUT2D eigenvalue weighted by Gasteiger charge is 2.06. The highest BCUT2D eigenvalue weighted by atomic mass is 35.5. The lowest BCUT2D eigenvalue weighted by Gasteiger charge is -2.00. The Morgan fingerprint density at radius 3 is 2.88 bits per heavy atom. The summed E-state index contributed by atoms with van der Waals surface area (Å²) >= 11 is 7.36. The Hall–Kier alpha value is -1.19. The molecular weight excluding hydrogens is 256 g/mol. The molecule has 2 aromatic rings. The highest BCUT2D eigenvalue weighted by molar-refractivity contribution is 7.99. The molecule has 0 saturated carbocycles. The second-order valence-corrected chi connectivity index (χ2v) is 4.93. The maximum Gasteiger partial charge on any atom is 0.172 e. The molecule has 2 nitrogen and oxygen atoms in total. The summed E-state index contributed by atoms with van der Waals surface area (Å²) in [6.45, 7) is 0. The Morgan fingerprint density at radius 2 is 2.18 bits per heavy atom. The maximum absolute atomic E-state index is 11.8. The fraction of sp³-hybridized carbons (Fsp3) is 0.154. The van der Waals surface area contributed by atoms with Crippen molar-refractivity contribution in [3.8, 4) is 0 Å². The Morgan fingerprint density at radius 1 is 1.29 bits per heavy atom. The number of hydrogen-bond acceptors (Lipinski definition) is 3. The van der Waals surface area contributed by atoms with E-state index in [1.807, 2.05) is 12.1 Å². The Kier molecular flexibility index (Phi) is 4.29. The van der Waals surface area contributed by atoms with Gasteiger partial charge in [0.2, 0.25) is 0 Å². The molecule has 0 unspecified atom stereocenters. The van der Waals surface area contributed by atoms with Crippen LogP contribution in [0.4, 0.5) is 0 Å². The number of carbonyl (C=O) groups is 1. The zero-order valence-electron chi connectivity index (χ0n) is 9.06. The summed E-state index contributed by atoms with van der Waals surface area (Å²) in [7, 11) is 0. The van der Waals surface area contributed by atoms with Gasteiger partial charge in [0.25, 0.3) is 0 Å². The van der Waals surface area contributed by atoms with Crippen molar-refractivity contribution in [2.24, 2.45) is 0 Å². The van der Waals surface area contributed by atoms with E-state index >= 15 is 0 Å². The molecule has 0 spiro atoms. The molecule has 0 aliphatic rings. The van der Waals surface area contributed by atoms with Crippen LogP contribution in [0.3, 0.4) is 0 Å². The van der Waals surface area contributed by atoms with E-state index in [4.69, 9.17) is 16.0 Å². The number of benzene rings is 1. The van der Waals surface area contributed by atoms with Gasteiger partial charge in [0.15, 0.2) is 5.78 Å². The third kappa shape index (κ3) is 3.65. The zero-order valence-corrected chi connectivity index (χ0v) is 10.6. The van der Waals surface area contributed by atoms with Gasteiger partial charge >= 0.3 is 0 Å². The first-order chi connectivity index (χ1) is 8.25. The lowest BCUT2D eigenvalue weighted by Crippen LogP contribution is -2.02. The second-order valence-electron chi connectivity index (χ2n) is 3.51. The Bertz CT molecular complexity index is 494. The average molecular weight is 267 g/mol. The van der Waals surface area contributed by atoms with Crippen molar-refractivity contribution in [1.82, 2.24) is 0 Å². The smallest absolute Gasteiger partial charge is 0.172 e. The molecule has 1 aromatic heterocycles. The molecule has 0 radical (unpaired) electrons. The molecule has 0 bridgehead atoms. The summed E-state index contributed by atoms with van der Waals surface area (Å²) in [5, 5.41) is 0.590. The van der Waals surface area contributed by atoms with E-state index < -0.39 is 0 Å². The summed E-state index contributed by atoms with van der Waals surface area (Å²) in [6.07, 6.45) is 1.63. The van der Waals surface area contributed by atoms with Crippen LogP contribution in [0.5, 0.6) is 0 Å². The lowest BCUT2D eigenvalue weighted by atomic mass is 10.1. The molecule has 1 aromatic carbocycles. The van der Waals surface area contributed by atoms with E-state index in [1.165, 1.54) is 11.8 Å². The van der Waals surface area contributed by atoms with E-state index in [-0.39, 0.29) is 5.78 Å². The number of furan rings is 1. The van der Waals surface area contributed by atoms with Gasteiger partial charge in [-0.15, -0.1) is 11.8 Å². The molecule has 17 heavy (non-hydrogen) atoms. The normalized spacial score (nSPS) is 10.4. The molecule has 0 atom stereocenters. The molecule has 0 aliphatic heterocycles. The van der Waals surface area contributed by atoms with Gasteiger partial charge in [0.05, 0.1) is 17.8 Å². The van der Waals surface area contributed by atoms with Crippen LogP contribution in [0, 0.1) is 0 Å². The van der Waals surface area contributed by atoms with Crippen LogP contribution >= 0.6 is 23.4 Å². The third-order valence-electron chi connectivity index (χ3n) is 2.20. The SMILES string of the molecule is O=C(CSCc1ccco1)c1cccc(Cl)c1. The fourth-order valence-corrected chi connectivity index (χ4v) is 2.39. The minimum atomic E-state index is 0.0871. The minimum Gasteiger partial charge on any atom is -0.468 e. The lowest BCUT2D eigenvalue weighted by molar-refractivity contribution is 0.102. The monoisotopic (exact) mass is 266 g/mol. The van der Waals surface area contributed by atoms with E-state index in [1.54, 1.807) is 30.5 Å². The van der Waals surface area contributed by atoms with Crippen LogP contribution in [0.15, 0.2) is 47.1 Å². The maximum atomic E-state index is 11.8. The predicted octanol–water partition coefficient (Wildman–Crippen LogP) is 4.05. The Labute approximate surface area is 109 Å². The molecule has 4 heteroatoms. The summed E-state index contributed by atoms with van der Waals surface area (Å²) in [4.78, 5) is 11.8. The predicted molar refractivity (Wildman–Crippen MR) is 70.7 cm³/mol. The molecule has 2 rings (SSSR count). The van der Waals surface area contributed by atoms with Gasteiger partial charge in [-0.05, 0) is 24.3 Å². The summed E-state index contributed by atoms with van der Waals surface area (Å²) in [5.74, 6) is 2.11. The van der Waals surface area contributed by atoms with E-state index in [9.17, 15) is 4.79 Å². The van der Waals surface area contributed by atoms with Gasteiger partial charge in [-0.2, -0.15) is 0 Å². The first kappa shape index (κ1) is 12.3. The summed E-state index contributed by atoms with van der Waals surface area (Å²) in [6, 6.07) is 10.8. The van der Waals surface area contributed by atoms with Gasteiger partial charge in [-0.1, -0.05) is 23.7 Å². The van der Waals surface area contributed by atoms with Gasteiger partial charge in [0, 0.05) is 10.6 Å².